The second-order valence-electron chi connectivity index (χ2n) is 6.12. The summed E-state index contributed by atoms with van der Waals surface area (Å²) in [6.45, 7) is 3.11. The SMILES string of the molecule is Cc1nn(CC(=O)N2CCCC(CO)C2)c(=O)c2ccccc12. The molecule has 3 rings (SSSR count). The van der Waals surface area contributed by atoms with E-state index in [-0.39, 0.29) is 30.5 Å². The number of aliphatic hydroxyl groups excluding tert-OH is 1. The average Bonchev–Trinajstić information content (AvgIpc) is 2.59. The highest BCUT2D eigenvalue weighted by atomic mass is 16.3. The van der Waals surface area contributed by atoms with Crippen LogP contribution in [0.15, 0.2) is 29.1 Å². The Kier molecular flexibility index (Phi) is 4.43. The van der Waals surface area contributed by atoms with E-state index in [2.05, 4.69) is 5.10 Å². The first-order chi connectivity index (χ1) is 11.1. The standard InChI is InChI=1S/C17H21N3O3/c1-12-14-6-2-3-7-15(14)17(23)20(18-12)10-16(22)19-8-4-5-13(9-19)11-21/h2-3,6-7,13,21H,4-5,8-11H2,1H3. The number of nitrogens with zero attached hydrogens (tertiary/aromatic N) is 3. The summed E-state index contributed by atoms with van der Waals surface area (Å²) in [4.78, 5) is 26.7. The van der Waals surface area contributed by atoms with Crippen molar-refractivity contribution in [2.75, 3.05) is 19.7 Å². The number of aryl methyl sites for hydroxylation is 1. The van der Waals surface area contributed by atoms with E-state index in [1.165, 1.54) is 4.68 Å². The van der Waals surface area contributed by atoms with Gasteiger partial charge in [-0.15, -0.1) is 0 Å². The van der Waals surface area contributed by atoms with E-state index in [0.29, 0.717) is 18.5 Å². The normalized spacial score (nSPS) is 18.3. The molecule has 0 saturated carbocycles. The van der Waals surface area contributed by atoms with Gasteiger partial charge in [-0.05, 0) is 31.7 Å². The summed E-state index contributed by atoms with van der Waals surface area (Å²) < 4.78 is 1.25. The van der Waals surface area contributed by atoms with Crippen LogP contribution in [0.1, 0.15) is 18.5 Å². The molecule has 1 amide bonds. The average molecular weight is 315 g/mol. The zero-order chi connectivity index (χ0) is 16.4. The smallest absolute Gasteiger partial charge is 0.275 e. The van der Waals surface area contributed by atoms with Crippen LogP contribution in [0.5, 0.6) is 0 Å². The number of hydrogen-bond donors (Lipinski definition) is 1. The maximum atomic E-state index is 12.5. The van der Waals surface area contributed by atoms with Gasteiger partial charge in [0.15, 0.2) is 0 Å². The van der Waals surface area contributed by atoms with Crippen LogP contribution < -0.4 is 5.56 Å². The summed E-state index contributed by atoms with van der Waals surface area (Å²) in [5.41, 5.74) is 0.496. The van der Waals surface area contributed by atoms with Crippen molar-refractivity contribution >= 4 is 16.7 Å². The summed E-state index contributed by atoms with van der Waals surface area (Å²) >= 11 is 0. The number of benzene rings is 1. The summed E-state index contributed by atoms with van der Waals surface area (Å²) in [6.07, 6.45) is 1.82. The fraction of sp³-hybridized carbons (Fsp3) is 0.471. The second-order valence-corrected chi connectivity index (χ2v) is 6.12. The molecule has 1 atom stereocenters. The largest absolute Gasteiger partial charge is 0.396 e. The minimum atomic E-state index is -0.240. The molecule has 2 aromatic rings. The van der Waals surface area contributed by atoms with Gasteiger partial charge >= 0.3 is 0 Å². The Hall–Kier alpha value is -2.21. The lowest BCUT2D eigenvalue weighted by Crippen LogP contribution is -2.44. The minimum Gasteiger partial charge on any atom is -0.396 e. The van der Waals surface area contributed by atoms with E-state index in [4.69, 9.17) is 0 Å². The maximum Gasteiger partial charge on any atom is 0.275 e. The molecule has 1 N–H and O–H groups in total. The first kappa shape index (κ1) is 15.7. The van der Waals surface area contributed by atoms with Crippen molar-refractivity contribution in [1.29, 1.82) is 0 Å². The molecule has 2 heterocycles. The molecule has 1 aromatic carbocycles. The zero-order valence-corrected chi connectivity index (χ0v) is 13.2. The van der Waals surface area contributed by atoms with Crippen molar-refractivity contribution in [2.24, 2.45) is 5.92 Å². The Morgan fingerprint density at radius 1 is 1.35 bits per heavy atom. The molecule has 0 bridgehead atoms. The topological polar surface area (TPSA) is 75.4 Å². The van der Waals surface area contributed by atoms with E-state index in [0.717, 1.165) is 23.9 Å². The quantitative estimate of drug-likeness (QED) is 0.914. The molecule has 1 aliphatic heterocycles. The van der Waals surface area contributed by atoms with Gasteiger partial charge in [0.2, 0.25) is 5.91 Å². The highest BCUT2D eigenvalue weighted by Crippen LogP contribution is 2.16. The molecular weight excluding hydrogens is 294 g/mol. The molecule has 0 radical (unpaired) electrons. The summed E-state index contributed by atoms with van der Waals surface area (Å²) in [7, 11) is 0. The molecule has 0 aliphatic carbocycles. The first-order valence-corrected chi connectivity index (χ1v) is 7.95. The minimum absolute atomic E-state index is 0.0529. The molecule has 1 fully saturated rings. The monoisotopic (exact) mass is 315 g/mol. The van der Waals surface area contributed by atoms with Crippen molar-refractivity contribution in [2.45, 2.75) is 26.3 Å². The van der Waals surface area contributed by atoms with Crippen LogP contribution in [0.25, 0.3) is 10.8 Å². The molecule has 6 nitrogen and oxygen atoms in total. The van der Waals surface area contributed by atoms with Gasteiger partial charge in [0.1, 0.15) is 6.54 Å². The Morgan fingerprint density at radius 3 is 2.83 bits per heavy atom. The van der Waals surface area contributed by atoms with Crippen LogP contribution in [0.3, 0.4) is 0 Å². The van der Waals surface area contributed by atoms with Crippen molar-refractivity contribution in [3.8, 4) is 0 Å². The number of rotatable bonds is 3. The van der Waals surface area contributed by atoms with Crippen LogP contribution in [0.2, 0.25) is 0 Å². The number of aromatic nitrogens is 2. The third-order valence-corrected chi connectivity index (χ3v) is 4.47. The van der Waals surface area contributed by atoms with E-state index in [1.54, 1.807) is 11.0 Å². The number of likely N-dealkylation sites (tertiary alicyclic amines) is 1. The summed E-state index contributed by atoms with van der Waals surface area (Å²) in [5.74, 6) is 0.0168. The summed E-state index contributed by atoms with van der Waals surface area (Å²) in [6, 6.07) is 7.30. The lowest BCUT2D eigenvalue weighted by atomic mass is 9.99. The Bertz CT molecular complexity index is 784. The Balaban J connectivity index is 1.85. The van der Waals surface area contributed by atoms with E-state index < -0.39 is 0 Å². The van der Waals surface area contributed by atoms with Crippen LogP contribution in [-0.4, -0.2) is 45.4 Å². The fourth-order valence-electron chi connectivity index (χ4n) is 3.18. The third kappa shape index (κ3) is 3.12. The molecule has 122 valence electrons. The van der Waals surface area contributed by atoms with Gasteiger partial charge in [0.05, 0.1) is 11.1 Å². The van der Waals surface area contributed by atoms with Crippen LogP contribution in [0.4, 0.5) is 0 Å². The molecule has 0 spiro atoms. The number of aliphatic hydroxyl groups is 1. The third-order valence-electron chi connectivity index (χ3n) is 4.47. The van der Waals surface area contributed by atoms with Crippen LogP contribution >= 0.6 is 0 Å². The van der Waals surface area contributed by atoms with Gasteiger partial charge in [-0.25, -0.2) is 4.68 Å². The molecule has 6 heteroatoms. The molecule has 1 saturated heterocycles. The van der Waals surface area contributed by atoms with Gasteiger partial charge in [0.25, 0.3) is 5.56 Å². The Morgan fingerprint density at radius 2 is 2.09 bits per heavy atom. The highest BCUT2D eigenvalue weighted by Gasteiger charge is 2.24. The van der Waals surface area contributed by atoms with Crippen LogP contribution in [0, 0.1) is 12.8 Å². The number of piperidine rings is 1. The number of hydrogen-bond acceptors (Lipinski definition) is 4. The first-order valence-electron chi connectivity index (χ1n) is 7.95. The lowest BCUT2D eigenvalue weighted by molar-refractivity contribution is -0.134. The predicted molar refractivity (Wildman–Crippen MR) is 87.1 cm³/mol. The van der Waals surface area contributed by atoms with Crippen molar-refractivity contribution in [1.82, 2.24) is 14.7 Å². The number of carbonyl (C=O) groups excluding carboxylic acids is 1. The number of fused-ring (bicyclic) bond motifs is 1. The van der Waals surface area contributed by atoms with Crippen molar-refractivity contribution in [3.05, 3.63) is 40.3 Å². The highest BCUT2D eigenvalue weighted by molar-refractivity contribution is 5.83. The van der Waals surface area contributed by atoms with Gasteiger partial charge in [-0.1, -0.05) is 18.2 Å². The van der Waals surface area contributed by atoms with Gasteiger partial charge < -0.3 is 10.0 Å². The summed E-state index contributed by atoms with van der Waals surface area (Å²) in [5, 5.41) is 15.0. The lowest BCUT2D eigenvalue weighted by Gasteiger charge is -2.31. The molecule has 23 heavy (non-hydrogen) atoms. The fourth-order valence-corrected chi connectivity index (χ4v) is 3.18. The van der Waals surface area contributed by atoms with Crippen molar-refractivity contribution < 1.29 is 9.90 Å². The Labute approximate surface area is 134 Å². The number of amides is 1. The number of carbonyl (C=O) groups is 1. The van der Waals surface area contributed by atoms with Crippen molar-refractivity contribution in [3.63, 3.8) is 0 Å². The van der Waals surface area contributed by atoms with E-state index in [1.807, 2.05) is 25.1 Å². The predicted octanol–water partition coefficient (Wildman–Crippen LogP) is 0.936. The van der Waals surface area contributed by atoms with Gasteiger partial charge in [-0.2, -0.15) is 5.10 Å². The molecule has 1 unspecified atom stereocenters. The van der Waals surface area contributed by atoms with E-state index >= 15 is 0 Å². The van der Waals surface area contributed by atoms with Gasteiger partial charge in [0, 0.05) is 25.1 Å². The molecule has 1 aliphatic rings. The molecule has 1 aromatic heterocycles. The van der Waals surface area contributed by atoms with Gasteiger partial charge in [-0.3, -0.25) is 9.59 Å². The molecular formula is C17H21N3O3. The second kappa shape index (κ2) is 6.50. The van der Waals surface area contributed by atoms with E-state index in [9.17, 15) is 14.7 Å². The zero-order valence-electron chi connectivity index (χ0n) is 13.2. The maximum absolute atomic E-state index is 12.5. The van der Waals surface area contributed by atoms with Crippen LogP contribution in [-0.2, 0) is 11.3 Å².